The molecule has 1 aliphatic rings. The molecule has 2 amide bonds. The van der Waals surface area contributed by atoms with Crippen molar-refractivity contribution in [1.29, 1.82) is 0 Å². The van der Waals surface area contributed by atoms with Gasteiger partial charge in [0.1, 0.15) is 0 Å². The minimum absolute atomic E-state index is 0.000728. The topological polar surface area (TPSA) is 52.7 Å². The number of rotatable bonds is 4. The predicted molar refractivity (Wildman–Crippen MR) is 87.9 cm³/mol. The zero-order valence-electron chi connectivity index (χ0n) is 13.6. The molecule has 0 aliphatic carbocycles. The normalized spacial score (nSPS) is 18.8. The van der Waals surface area contributed by atoms with Gasteiger partial charge in [-0.2, -0.15) is 0 Å². The molecular weight excluding hydrogens is 278 g/mol. The standard InChI is InChI=1S/C17H25N3O2/c1-13-5-4-10-20(11-13)12-16(21)18-15-8-6-14(7-9-15)17(22)19(2)3/h6-9,13H,4-5,10-12H2,1-3H3,(H,18,21)/t13-/m1/s1. The summed E-state index contributed by atoms with van der Waals surface area (Å²) in [5.74, 6) is 0.624. The molecule has 0 spiro atoms. The molecule has 1 aliphatic heterocycles. The summed E-state index contributed by atoms with van der Waals surface area (Å²) in [5.41, 5.74) is 1.35. The third-order valence-corrected chi connectivity index (χ3v) is 3.93. The molecule has 1 atom stereocenters. The lowest BCUT2D eigenvalue weighted by Gasteiger charge is -2.30. The van der Waals surface area contributed by atoms with Crippen molar-refractivity contribution in [1.82, 2.24) is 9.80 Å². The van der Waals surface area contributed by atoms with Crippen molar-refractivity contribution in [3.63, 3.8) is 0 Å². The Bertz CT molecular complexity index is 525. The van der Waals surface area contributed by atoms with E-state index in [0.29, 0.717) is 18.0 Å². The number of carbonyl (C=O) groups excluding carboxylic acids is 2. The van der Waals surface area contributed by atoms with Gasteiger partial charge < -0.3 is 10.2 Å². The smallest absolute Gasteiger partial charge is 0.253 e. The predicted octanol–water partition coefficient (Wildman–Crippen LogP) is 2.06. The van der Waals surface area contributed by atoms with E-state index < -0.39 is 0 Å². The van der Waals surface area contributed by atoms with E-state index >= 15 is 0 Å². The van der Waals surface area contributed by atoms with Crippen LogP contribution in [0.5, 0.6) is 0 Å². The van der Waals surface area contributed by atoms with Gasteiger partial charge in [0.25, 0.3) is 5.91 Å². The highest BCUT2D eigenvalue weighted by Crippen LogP contribution is 2.15. The van der Waals surface area contributed by atoms with Crippen molar-refractivity contribution in [3.8, 4) is 0 Å². The number of nitrogens with zero attached hydrogens (tertiary/aromatic N) is 2. The van der Waals surface area contributed by atoms with Gasteiger partial charge in [0.15, 0.2) is 0 Å². The zero-order chi connectivity index (χ0) is 16.1. The molecule has 0 saturated carbocycles. The van der Waals surface area contributed by atoms with Crippen LogP contribution in [0.2, 0.25) is 0 Å². The molecule has 1 aromatic carbocycles. The molecule has 0 radical (unpaired) electrons. The minimum atomic E-state index is -0.0415. The Morgan fingerprint density at radius 1 is 1.27 bits per heavy atom. The summed E-state index contributed by atoms with van der Waals surface area (Å²) in [5, 5.41) is 2.89. The van der Waals surface area contributed by atoms with Crippen LogP contribution in [0.3, 0.4) is 0 Å². The largest absolute Gasteiger partial charge is 0.345 e. The molecule has 1 aromatic rings. The molecule has 22 heavy (non-hydrogen) atoms. The van der Waals surface area contributed by atoms with E-state index in [9.17, 15) is 9.59 Å². The lowest BCUT2D eigenvalue weighted by Crippen LogP contribution is -2.39. The highest BCUT2D eigenvalue weighted by atomic mass is 16.2. The van der Waals surface area contributed by atoms with Crippen LogP contribution < -0.4 is 5.32 Å². The van der Waals surface area contributed by atoms with Crippen molar-refractivity contribution in [2.45, 2.75) is 19.8 Å². The van der Waals surface area contributed by atoms with Gasteiger partial charge in [-0.3, -0.25) is 14.5 Å². The fourth-order valence-corrected chi connectivity index (χ4v) is 2.79. The second kappa shape index (κ2) is 7.40. The van der Waals surface area contributed by atoms with Gasteiger partial charge in [0.05, 0.1) is 6.54 Å². The van der Waals surface area contributed by atoms with Crippen molar-refractivity contribution in [2.75, 3.05) is 39.0 Å². The SMILES string of the molecule is C[C@@H]1CCCN(CC(=O)Nc2ccc(C(=O)N(C)C)cc2)C1. The van der Waals surface area contributed by atoms with E-state index in [1.807, 2.05) is 0 Å². The molecule has 5 nitrogen and oxygen atoms in total. The first-order valence-electron chi connectivity index (χ1n) is 7.79. The van der Waals surface area contributed by atoms with Gasteiger partial charge in [0.2, 0.25) is 5.91 Å². The summed E-state index contributed by atoms with van der Waals surface area (Å²) < 4.78 is 0. The van der Waals surface area contributed by atoms with E-state index in [-0.39, 0.29) is 11.8 Å². The number of benzene rings is 1. The number of hydrogen-bond acceptors (Lipinski definition) is 3. The second-order valence-corrected chi connectivity index (χ2v) is 6.31. The average molecular weight is 303 g/mol. The summed E-state index contributed by atoms with van der Waals surface area (Å²) >= 11 is 0. The fraction of sp³-hybridized carbons (Fsp3) is 0.529. The minimum Gasteiger partial charge on any atom is -0.345 e. The van der Waals surface area contributed by atoms with Crippen molar-refractivity contribution in [2.24, 2.45) is 5.92 Å². The third-order valence-electron chi connectivity index (χ3n) is 3.93. The molecule has 0 aromatic heterocycles. The van der Waals surface area contributed by atoms with Crippen molar-refractivity contribution >= 4 is 17.5 Å². The number of hydrogen-bond donors (Lipinski definition) is 1. The van der Waals surface area contributed by atoms with Crippen LogP contribution in [-0.2, 0) is 4.79 Å². The van der Waals surface area contributed by atoms with Gasteiger partial charge in [-0.25, -0.2) is 0 Å². The fourth-order valence-electron chi connectivity index (χ4n) is 2.79. The van der Waals surface area contributed by atoms with Gasteiger partial charge in [-0.05, 0) is 49.6 Å². The molecule has 1 N–H and O–H groups in total. The van der Waals surface area contributed by atoms with Gasteiger partial charge >= 0.3 is 0 Å². The maximum Gasteiger partial charge on any atom is 0.253 e. The second-order valence-electron chi connectivity index (χ2n) is 6.31. The first kappa shape index (κ1) is 16.5. The van der Waals surface area contributed by atoms with E-state index in [2.05, 4.69) is 17.1 Å². The van der Waals surface area contributed by atoms with Crippen LogP contribution in [0, 0.1) is 5.92 Å². The number of carbonyl (C=O) groups is 2. The Morgan fingerprint density at radius 3 is 2.55 bits per heavy atom. The maximum atomic E-state index is 12.1. The van der Waals surface area contributed by atoms with Crippen LogP contribution in [0.25, 0.3) is 0 Å². The molecule has 0 unspecified atom stereocenters. The van der Waals surface area contributed by atoms with E-state index in [1.54, 1.807) is 38.4 Å². The molecule has 1 saturated heterocycles. The Labute approximate surface area is 132 Å². The van der Waals surface area contributed by atoms with Crippen molar-refractivity contribution in [3.05, 3.63) is 29.8 Å². The molecular formula is C17H25N3O2. The number of likely N-dealkylation sites (tertiary alicyclic amines) is 1. The van der Waals surface area contributed by atoms with Crippen LogP contribution >= 0.6 is 0 Å². The van der Waals surface area contributed by atoms with Crippen molar-refractivity contribution < 1.29 is 9.59 Å². The summed E-state index contributed by atoms with van der Waals surface area (Å²) in [4.78, 5) is 27.6. The summed E-state index contributed by atoms with van der Waals surface area (Å²) in [6, 6.07) is 7.02. The number of amides is 2. The summed E-state index contributed by atoms with van der Waals surface area (Å²) in [7, 11) is 3.44. The Hall–Kier alpha value is -1.88. The molecule has 5 heteroatoms. The Balaban J connectivity index is 1.87. The monoisotopic (exact) mass is 303 g/mol. The number of piperidine rings is 1. The van der Waals surface area contributed by atoms with Gasteiger partial charge in [-0.15, -0.1) is 0 Å². The molecule has 1 fully saturated rings. The van der Waals surface area contributed by atoms with Gasteiger partial charge in [-0.1, -0.05) is 6.92 Å². The highest BCUT2D eigenvalue weighted by molar-refractivity contribution is 5.96. The van der Waals surface area contributed by atoms with E-state index in [1.165, 1.54) is 11.3 Å². The Morgan fingerprint density at radius 2 is 1.95 bits per heavy atom. The van der Waals surface area contributed by atoms with Crippen LogP contribution in [0.4, 0.5) is 5.69 Å². The van der Waals surface area contributed by atoms with E-state index in [0.717, 1.165) is 25.2 Å². The maximum absolute atomic E-state index is 12.1. The number of nitrogens with one attached hydrogen (secondary N) is 1. The average Bonchev–Trinajstić information content (AvgIpc) is 2.47. The lowest BCUT2D eigenvalue weighted by atomic mass is 10.0. The van der Waals surface area contributed by atoms with Crippen LogP contribution in [-0.4, -0.2) is 55.3 Å². The quantitative estimate of drug-likeness (QED) is 0.926. The molecule has 0 bridgehead atoms. The van der Waals surface area contributed by atoms with E-state index in [4.69, 9.17) is 0 Å². The Kier molecular flexibility index (Phi) is 5.55. The molecule has 120 valence electrons. The molecule has 1 heterocycles. The first-order chi connectivity index (χ1) is 10.5. The molecule has 2 rings (SSSR count). The zero-order valence-corrected chi connectivity index (χ0v) is 13.6. The van der Waals surface area contributed by atoms with Crippen LogP contribution in [0.15, 0.2) is 24.3 Å². The summed E-state index contributed by atoms with van der Waals surface area (Å²) in [6.45, 7) is 4.64. The van der Waals surface area contributed by atoms with Gasteiger partial charge in [0, 0.05) is 31.9 Å². The highest BCUT2D eigenvalue weighted by Gasteiger charge is 2.18. The van der Waals surface area contributed by atoms with Crippen LogP contribution in [0.1, 0.15) is 30.1 Å². The summed E-state index contributed by atoms with van der Waals surface area (Å²) in [6.07, 6.45) is 2.41. The third kappa shape index (κ3) is 4.56. The first-order valence-corrected chi connectivity index (χ1v) is 7.79. The number of anilines is 1. The lowest BCUT2D eigenvalue weighted by molar-refractivity contribution is -0.117.